The predicted molar refractivity (Wildman–Crippen MR) is 132 cm³/mol. The van der Waals surface area contributed by atoms with Crippen LogP contribution in [0.4, 0.5) is 0 Å². The number of hydrogen-bond acceptors (Lipinski definition) is 1. The number of nitrogens with zero attached hydrogens (tertiary/aromatic N) is 1. The SMILES string of the molecule is C=CCn1cc(C(=C=C(c2ccccc2)C2(C=O)CC2)c2ccccc2)c2ccccc21. The Hall–Kier alpha value is -3.87. The van der Waals surface area contributed by atoms with Crippen LogP contribution in [0, 0.1) is 5.41 Å². The van der Waals surface area contributed by atoms with Crippen LogP contribution in [0.2, 0.25) is 0 Å². The molecule has 5 rings (SSSR count). The molecule has 4 aromatic rings. The van der Waals surface area contributed by atoms with Crippen molar-refractivity contribution in [1.29, 1.82) is 0 Å². The van der Waals surface area contributed by atoms with Crippen molar-refractivity contribution < 1.29 is 4.79 Å². The van der Waals surface area contributed by atoms with Crippen molar-refractivity contribution in [3.05, 3.63) is 126 Å². The number of para-hydroxylation sites is 1. The van der Waals surface area contributed by atoms with Crippen LogP contribution in [0.1, 0.15) is 29.5 Å². The maximum absolute atomic E-state index is 12.2. The molecule has 1 aromatic heterocycles. The van der Waals surface area contributed by atoms with Crippen LogP contribution < -0.4 is 0 Å². The maximum Gasteiger partial charge on any atom is 0.131 e. The lowest BCUT2D eigenvalue weighted by atomic mass is 9.88. The molecule has 1 fully saturated rings. The lowest BCUT2D eigenvalue weighted by Gasteiger charge is -2.13. The molecule has 1 saturated carbocycles. The Kier molecular flexibility index (Phi) is 5.23. The summed E-state index contributed by atoms with van der Waals surface area (Å²) in [5.41, 5.74) is 9.73. The summed E-state index contributed by atoms with van der Waals surface area (Å²) in [4.78, 5) is 12.2. The molecule has 2 heteroatoms. The Morgan fingerprint density at radius 1 is 0.906 bits per heavy atom. The van der Waals surface area contributed by atoms with E-state index in [2.05, 4.69) is 83.7 Å². The van der Waals surface area contributed by atoms with Gasteiger partial charge in [0.15, 0.2) is 0 Å². The van der Waals surface area contributed by atoms with Crippen molar-refractivity contribution >= 4 is 28.3 Å². The van der Waals surface area contributed by atoms with Gasteiger partial charge in [-0.3, -0.25) is 0 Å². The number of rotatable bonds is 7. The zero-order valence-corrected chi connectivity index (χ0v) is 18.0. The molecule has 2 nitrogen and oxygen atoms in total. The van der Waals surface area contributed by atoms with Crippen LogP contribution in [0.15, 0.2) is 110 Å². The Bertz CT molecular complexity index is 1350. The van der Waals surface area contributed by atoms with Gasteiger partial charge >= 0.3 is 0 Å². The highest BCUT2D eigenvalue weighted by Crippen LogP contribution is 2.54. The van der Waals surface area contributed by atoms with Gasteiger partial charge in [0.25, 0.3) is 0 Å². The van der Waals surface area contributed by atoms with E-state index in [1.165, 1.54) is 5.39 Å². The van der Waals surface area contributed by atoms with Crippen molar-refractivity contribution in [2.24, 2.45) is 5.41 Å². The van der Waals surface area contributed by atoms with Crippen molar-refractivity contribution in [3.8, 4) is 0 Å². The molecule has 0 spiro atoms. The largest absolute Gasteiger partial charge is 0.343 e. The van der Waals surface area contributed by atoms with Gasteiger partial charge in [0, 0.05) is 40.4 Å². The quantitative estimate of drug-likeness (QED) is 0.182. The summed E-state index contributed by atoms with van der Waals surface area (Å²) >= 11 is 0. The maximum atomic E-state index is 12.2. The van der Waals surface area contributed by atoms with E-state index in [0.717, 1.165) is 59.0 Å². The van der Waals surface area contributed by atoms with E-state index in [9.17, 15) is 4.79 Å². The smallest absolute Gasteiger partial charge is 0.131 e. The standard InChI is InChI=1S/C30H25NO/c1-2-19-31-21-27(25-15-9-10-16-29(25)31)26(23-11-5-3-6-12-23)20-28(30(22-32)17-18-30)24-13-7-4-8-14-24/h2-16,21-22H,1,17-19H2. The van der Waals surface area contributed by atoms with Crippen molar-refractivity contribution in [2.45, 2.75) is 19.4 Å². The number of aromatic nitrogens is 1. The Morgan fingerprint density at radius 2 is 1.53 bits per heavy atom. The number of hydrogen-bond donors (Lipinski definition) is 0. The summed E-state index contributed by atoms with van der Waals surface area (Å²) in [7, 11) is 0. The van der Waals surface area contributed by atoms with E-state index in [-0.39, 0.29) is 0 Å². The number of carbonyl (C=O) groups is 1. The molecule has 0 atom stereocenters. The van der Waals surface area contributed by atoms with E-state index in [1.807, 2.05) is 30.3 Å². The van der Waals surface area contributed by atoms with Gasteiger partial charge in [0.2, 0.25) is 0 Å². The summed E-state index contributed by atoms with van der Waals surface area (Å²) < 4.78 is 2.22. The second kappa shape index (κ2) is 8.34. The van der Waals surface area contributed by atoms with Crippen LogP contribution in [-0.4, -0.2) is 10.9 Å². The van der Waals surface area contributed by atoms with Gasteiger partial charge in [-0.25, -0.2) is 0 Å². The summed E-state index contributed by atoms with van der Waals surface area (Å²) in [5, 5.41) is 1.17. The van der Waals surface area contributed by atoms with Gasteiger partial charge < -0.3 is 9.36 Å². The summed E-state index contributed by atoms with van der Waals surface area (Å²) in [6, 6.07) is 29.0. The fourth-order valence-electron chi connectivity index (χ4n) is 4.41. The summed E-state index contributed by atoms with van der Waals surface area (Å²) in [5.74, 6) is 0. The van der Waals surface area contributed by atoms with Crippen LogP contribution in [0.3, 0.4) is 0 Å². The second-order valence-electron chi connectivity index (χ2n) is 8.38. The lowest BCUT2D eigenvalue weighted by molar-refractivity contribution is -0.110. The molecule has 0 radical (unpaired) electrons. The average molecular weight is 416 g/mol. The minimum Gasteiger partial charge on any atom is -0.343 e. The second-order valence-corrected chi connectivity index (χ2v) is 8.38. The molecule has 156 valence electrons. The van der Waals surface area contributed by atoms with Crippen LogP contribution in [0.25, 0.3) is 22.0 Å². The van der Waals surface area contributed by atoms with E-state index in [4.69, 9.17) is 0 Å². The third-order valence-electron chi connectivity index (χ3n) is 6.27. The molecule has 32 heavy (non-hydrogen) atoms. The number of aldehydes is 1. The third kappa shape index (κ3) is 3.56. The molecule has 1 heterocycles. The molecule has 0 bridgehead atoms. The zero-order valence-electron chi connectivity index (χ0n) is 18.0. The highest BCUT2D eigenvalue weighted by Gasteiger charge is 2.46. The molecule has 3 aromatic carbocycles. The van der Waals surface area contributed by atoms with Gasteiger partial charge in [-0.15, -0.1) is 12.3 Å². The zero-order chi connectivity index (χ0) is 22.0. The van der Waals surface area contributed by atoms with Crippen LogP contribution >= 0.6 is 0 Å². The predicted octanol–water partition coefficient (Wildman–Crippen LogP) is 6.92. The number of benzene rings is 3. The van der Waals surface area contributed by atoms with Crippen molar-refractivity contribution in [3.63, 3.8) is 0 Å². The van der Waals surface area contributed by atoms with Gasteiger partial charge in [0.05, 0.1) is 5.41 Å². The number of carbonyl (C=O) groups excluding carboxylic acids is 1. The highest BCUT2D eigenvalue weighted by atomic mass is 16.1. The lowest BCUT2D eigenvalue weighted by Crippen LogP contribution is -2.05. The average Bonchev–Trinajstić information content (AvgIpc) is 3.57. The van der Waals surface area contributed by atoms with E-state index in [1.54, 1.807) is 0 Å². The Morgan fingerprint density at radius 3 is 2.16 bits per heavy atom. The molecule has 0 amide bonds. The summed E-state index contributed by atoms with van der Waals surface area (Å²) in [6.07, 6.45) is 6.96. The molecular formula is C30H25NO. The van der Waals surface area contributed by atoms with Gasteiger partial charge in [-0.1, -0.05) is 84.9 Å². The highest BCUT2D eigenvalue weighted by molar-refractivity contribution is 6.00. The van der Waals surface area contributed by atoms with Gasteiger partial charge in [0.1, 0.15) is 6.29 Å². The normalized spacial score (nSPS) is 13.9. The topological polar surface area (TPSA) is 22.0 Å². The molecule has 0 N–H and O–H groups in total. The van der Waals surface area contributed by atoms with Crippen LogP contribution in [-0.2, 0) is 11.3 Å². The molecule has 0 aliphatic heterocycles. The Labute approximate surface area is 188 Å². The number of allylic oxidation sites excluding steroid dienone is 2. The fraction of sp³-hybridized carbons (Fsp3) is 0.133. The van der Waals surface area contributed by atoms with E-state index < -0.39 is 5.41 Å². The molecule has 0 unspecified atom stereocenters. The molecule has 1 aliphatic rings. The monoisotopic (exact) mass is 415 g/mol. The molecule has 0 saturated heterocycles. The molecular weight excluding hydrogens is 390 g/mol. The minimum absolute atomic E-state index is 0.444. The van der Waals surface area contributed by atoms with E-state index in [0.29, 0.717) is 0 Å². The fourth-order valence-corrected chi connectivity index (χ4v) is 4.41. The van der Waals surface area contributed by atoms with Gasteiger partial charge in [-0.2, -0.15) is 0 Å². The number of fused-ring (bicyclic) bond motifs is 1. The van der Waals surface area contributed by atoms with E-state index >= 15 is 0 Å². The third-order valence-corrected chi connectivity index (χ3v) is 6.27. The summed E-state index contributed by atoms with van der Waals surface area (Å²) in [6.45, 7) is 4.66. The van der Waals surface area contributed by atoms with Crippen molar-refractivity contribution in [1.82, 2.24) is 4.57 Å². The minimum atomic E-state index is -0.444. The Balaban J connectivity index is 1.87. The first-order valence-corrected chi connectivity index (χ1v) is 11.0. The van der Waals surface area contributed by atoms with Crippen LogP contribution in [0.5, 0.6) is 0 Å². The molecule has 1 aliphatic carbocycles. The first-order valence-electron chi connectivity index (χ1n) is 11.0. The van der Waals surface area contributed by atoms with Crippen molar-refractivity contribution in [2.75, 3.05) is 0 Å². The van der Waals surface area contributed by atoms with Gasteiger partial charge in [-0.05, 0) is 30.0 Å². The first-order chi connectivity index (χ1) is 15.8. The first kappa shape index (κ1) is 20.1.